The summed E-state index contributed by atoms with van der Waals surface area (Å²) in [5.74, 6) is -0.219. The van der Waals surface area contributed by atoms with Gasteiger partial charge in [-0.15, -0.1) is 0 Å². The first kappa shape index (κ1) is 24.7. The van der Waals surface area contributed by atoms with Crippen LogP contribution in [-0.2, 0) is 17.5 Å². The van der Waals surface area contributed by atoms with Gasteiger partial charge in [0.2, 0.25) is 11.9 Å². The molecule has 0 saturated heterocycles. The highest BCUT2D eigenvalue weighted by atomic mass is 19.4. The Labute approximate surface area is 200 Å². The van der Waals surface area contributed by atoms with Crippen LogP contribution in [0, 0.1) is 11.7 Å². The van der Waals surface area contributed by atoms with Crippen LogP contribution in [-0.4, -0.2) is 36.0 Å². The molecule has 1 aromatic heterocycles. The Morgan fingerprint density at radius 1 is 1.06 bits per heavy atom. The van der Waals surface area contributed by atoms with Crippen molar-refractivity contribution in [1.82, 2.24) is 15.3 Å². The molecule has 2 N–H and O–H groups in total. The Morgan fingerprint density at radius 2 is 1.77 bits per heavy atom. The number of alkyl halides is 3. The maximum atomic E-state index is 13.3. The van der Waals surface area contributed by atoms with Gasteiger partial charge in [0.15, 0.2) is 0 Å². The average Bonchev–Trinajstić information content (AvgIpc) is 2.82. The van der Waals surface area contributed by atoms with Crippen LogP contribution in [0.2, 0.25) is 0 Å². The van der Waals surface area contributed by atoms with Gasteiger partial charge in [-0.1, -0.05) is 18.2 Å². The number of amides is 1. The second-order valence-corrected chi connectivity index (χ2v) is 8.99. The number of nitrogens with one attached hydrogen (secondary N) is 2. The van der Waals surface area contributed by atoms with Gasteiger partial charge in [0, 0.05) is 38.0 Å². The van der Waals surface area contributed by atoms with Gasteiger partial charge >= 0.3 is 6.18 Å². The van der Waals surface area contributed by atoms with Crippen LogP contribution in [0.5, 0.6) is 0 Å². The van der Waals surface area contributed by atoms with Gasteiger partial charge in [0.1, 0.15) is 11.6 Å². The summed E-state index contributed by atoms with van der Waals surface area (Å²) in [6.45, 7) is -0.301. The van der Waals surface area contributed by atoms with Crippen molar-refractivity contribution < 1.29 is 22.4 Å². The Kier molecular flexibility index (Phi) is 7.09. The Bertz CT molecular complexity index is 1210. The lowest BCUT2D eigenvalue weighted by Gasteiger charge is -2.29. The van der Waals surface area contributed by atoms with Crippen molar-refractivity contribution in [3.05, 3.63) is 59.4 Å². The molecule has 35 heavy (non-hydrogen) atoms. The Balaban J connectivity index is 1.35. The van der Waals surface area contributed by atoms with E-state index in [-0.39, 0.29) is 30.0 Å². The summed E-state index contributed by atoms with van der Waals surface area (Å²) in [5.41, 5.74) is -0.397. The van der Waals surface area contributed by atoms with E-state index in [4.69, 9.17) is 0 Å². The smallest absolute Gasteiger partial charge is 0.362 e. The third-order valence-electron chi connectivity index (χ3n) is 6.27. The Morgan fingerprint density at radius 3 is 2.46 bits per heavy atom. The summed E-state index contributed by atoms with van der Waals surface area (Å²) in [5, 5.41) is 6.92. The number of fused-ring (bicyclic) bond motifs is 1. The van der Waals surface area contributed by atoms with E-state index >= 15 is 0 Å². The number of benzene rings is 2. The molecule has 6 nitrogen and oxygen atoms in total. The summed E-state index contributed by atoms with van der Waals surface area (Å²) in [6, 6.07) is 10.3. The van der Waals surface area contributed by atoms with Crippen LogP contribution < -0.4 is 15.5 Å². The van der Waals surface area contributed by atoms with Gasteiger partial charge < -0.3 is 15.5 Å². The van der Waals surface area contributed by atoms with Crippen molar-refractivity contribution in [2.45, 2.75) is 44.4 Å². The predicted octanol–water partition coefficient (Wildman–Crippen LogP) is 5.14. The zero-order chi connectivity index (χ0) is 25.2. The minimum absolute atomic E-state index is 0.0872. The molecule has 0 spiro atoms. The highest BCUT2D eigenvalue weighted by Crippen LogP contribution is 2.33. The first-order valence-corrected chi connectivity index (χ1v) is 11.5. The van der Waals surface area contributed by atoms with E-state index in [1.54, 1.807) is 0 Å². The van der Waals surface area contributed by atoms with Gasteiger partial charge in [-0.25, -0.2) is 9.37 Å². The monoisotopic (exact) mass is 489 g/mol. The Hall–Kier alpha value is -3.43. The molecule has 0 radical (unpaired) electrons. The van der Waals surface area contributed by atoms with Gasteiger partial charge in [0.05, 0.1) is 11.1 Å². The minimum atomic E-state index is -4.69. The predicted molar refractivity (Wildman–Crippen MR) is 126 cm³/mol. The summed E-state index contributed by atoms with van der Waals surface area (Å²) in [4.78, 5) is 23.8. The van der Waals surface area contributed by atoms with Crippen molar-refractivity contribution in [1.29, 1.82) is 0 Å². The third-order valence-corrected chi connectivity index (χ3v) is 6.27. The second kappa shape index (κ2) is 10.1. The van der Waals surface area contributed by atoms with E-state index in [1.807, 2.05) is 43.3 Å². The van der Waals surface area contributed by atoms with Crippen LogP contribution in [0.4, 0.5) is 29.3 Å². The van der Waals surface area contributed by atoms with E-state index in [0.717, 1.165) is 28.9 Å². The zero-order valence-electron chi connectivity index (χ0n) is 19.5. The van der Waals surface area contributed by atoms with Crippen LogP contribution in [0.3, 0.4) is 0 Å². The molecule has 1 aliphatic rings. The number of anilines is 2. The zero-order valence-corrected chi connectivity index (χ0v) is 19.5. The van der Waals surface area contributed by atoms with E-state index in [9.17, 15) is 22.4 Å². The van der Waals surface area contributed by atoms with E-state index in [2.05, 4.69) is 20.6 Å². The molecular formula is C25H27F4N5O. The third kappa shape index (κ3) is 5.80. The molecule has 1 aliphatic carbocycles. The number of carbonyl (C=O) groups is 1. The lowest BCUT2D eigenvalue weighted by atomic mass is 9.85. The number of hydrogen-bond donors (Lipinski definition) is 2. The quantitative estimate of drug-likeness (QED) is 0.469. The molecule has 1 amide bonds. The van der Waals surface area contributed by atoms with Crippen LogP contribution in [0.1, 0.15) is 36.8 Å². The molecule has 2 aromatic carbocycles. The number of para-hydroxylation sites is 1. The van der Waals surface area contributed by atoms with Gasteiger partial charge in [-0.3, -0.25) is 4.79 Å². The largest absolute Gasteiger partial charge is 0.416 e. The SMILES string of the molecule is CN(C)c1nc(N[C@H]2CC[C@@H](C(=O)NCc3ccc(F)cc3C(F)(F)F)CC2)nc2ccccc12. The molecule has 0 bridgehead atoms. The van der Waals surface area contributed by atoms with E-state index in [0.29, 0.717) is 37.7 Å². The number of nitrogens with zero attached hydrogens (tertiary/aromatic N) is 3. The molecular weight excluding hydrogens is 462 g/mol. The maximum Gasteiger partial charge on any atom is 0.416 e. The van der Waals surface area contributed by atoms with Crippen molar-refractivity contribution in [3.63, 3.8) is 0 Å². The van der Waals surface area contributed by atoms with E-state index < -0.39 is 17.6 Å². The number of aromatic nitrogens is 2. The minimum Gasteiger partial charge on any atom is -0.362 e. The molecule has 10 heteroatoms. The highest BCUT2D eigenvalue weighted by Gasteiger charge is 2.34. The molecule has 0 atom stereocenters. The summed E-state index contributed by atoms with van der Waals surface area (Å²) < 4.78 is 52.9. The summed E-state index contributed by atoms with van der Waals surface area (Å²) in [7, 11) is 3.85. The highest BCUT2D eigenvalue weighted by molar-refractivity contribution is 5.90. The standard InChI is InChI=1S/C25H27F4N5O/c1-34(2)22-19-5-3-4-6-21(19)32-24(33-22)31-18-11-8-15(9-12-18)23(35)30-14-16-7-10-17(26)13-20(16)25(27,28)29/h3-7,10,13,15,18H,8-9,11-12,14H2,1-2H3,(H,30,35)(H,31,32,33)/t15-,18+. The average molecular weight is 490 g/mol. The normalized spacial score (nSPS) is 18.3. The number of halogens is 4. The number of rotatable bonds is 6. The van der Waals surface area contributed by atoms with Crippen LogP contribution in [0.25, 0.3) is 10.9 Å². The molecule has 3 aromatic rings. The fourth-order valence-corrected chi connectivity index (χ4v) is 4.44. The molecule has 186 valence electrons. The van der Waals surface area contributed by atoms with Crippen molar-refractivity contribution in [2.24, 2.45) is 5.92 Å². The van der Waals surface area contributed by atoms with Gasteiger partial charge in [0.25, 0.3) is 0 Å². The maximum absolute atomic E-state index is 13.3. The number of carbonyl (C=O) groups excluding carboxylic acids is 1. The van der Waals surface area contributed by atoms with Crippen LogP contribution in [0.15, 0.2) is 42.5 Å². The van der Waals surface area contributed by atoms with Crippen molar-refractivity contribution in [2.75, 3.05) is 24.3 Å². The first-order chi connectivity index (χ1) is 16.6. The lowest BCUT2D eigenvalue weighted by molar-refractivity contribution is -0.138. The fourth-order valence-electron chi connectivity index (χ4n) is 4.44. The fraction of sp³-hybridized carbons (Fsp3) is 0.400. The number of hydrogen-bond acceptors (Lipinski definition) is 5. The molecule has 4 rings (SSSR count). The van der Waals surface area contributed by atoms with Crippen LogP contribution >= 0.6 is 0 Å². The lowest BCUT2D eigenvalue weighted by Crippen LogP contribution is -2.36. The molecule has 1 heterocycles. The second-order valence-electron chi connectivity index (χ2n) is 8.99. The molecule has 1 fully saturated rings. The summed E-state index contributed by atoms with van der Waals surface area (Å²) >= 11 is 0. The topological polar surface area (TPSA) is 70.2 Å². The molecule has 0 aliphatic heterocycles. The van der Waals surface area contributed by atoms with Crippen molar-refractivity contribution >= 4 is 28.6 Å². The van der Waals surface area contributed by atoms with Gasteiger partial charge in [-0.2, -0.15) is 18.2 Å². The van der Waals surface area contributed by atoms with Crippen molar-refractivity contribution in [3.8, 4) is 0 Å². The molecule has 0 unspecified atom stereocenters. The van der Waals surface area contributed by atoms with E-state index in [1.165, 1.54) is 0 Å². The molecule has 1 saturated carbocycles. The summed E-state index contributed by atoms with van der Waals surface area (Å²) in [6.07, 6.45) is -2.10. The van der Waals surface area contributed by atoms with Gasteiger partial charge in [-0.05, 0) is 55.5 Å². The first-order valence-electron chi connectivity index (χ1n) is 11.5.